The van der Waals surface area contributed by atoms with E-state index < -0.39 is 0 Å². The topological polar surface area (TPSA) is 54.9 Å². The number of guanidine groups is 1. The molecule has 0 saturated heterocycles. The molecule has 1 aromatic carbocycles. The zero-order valence-corrected chi connectivity index (χ0v) is 17.4. The van der Waals surface area contributed by atoms with E-state index in [-0.39, 0.29) is 24.0 Å². The maximum Gasteiger partial charge on any atom is 0.191 e. The van der Waals surface area contributed by atoms with E-state index in [1.54, 1.807) is 14.2 Å². The molecular formula is C18H30IN3O2. The minimum absolute atomic E-state index is 0. The van der Waals surface area contributed by atoms with Crippen LogP contribution < -0.4 is 20.1 Å². The third-order valence-electron chi connectivity index (χ3n) is 4.49. The van der Waals surface area contributed by atoms with Gasteiger partial charge in [-0.25, -0.2) is 0 Å². The van der Waals surface area contributed by atoms with E-state index in [9.17, 15) is 0 Å². The fourth-order valence-electron chi connectivity index (χ4n) is 2.97. The van der Waals surface area contributed by atoms with Crippen molar-refractivity contribution in [2.75, 3.05) is 21.3 Å². The lowest BCUT2D eigenvalue weighted by atomic mass is 9.87. The molecule has 1 aromatic rings. The van der Waals surface area contributed by atoms with E-state index >= 15 is 0 Å². The molecule has 5 nitrogen and oxygen atoms in total. The summed E-state index contributed by atoms with van der Waals surface area (Å²) < 4.78 is 10.6. The number of hydrogen-bond acceptors (Lipinski definition) is 3. The summed E-state index contributed by atoms with van der Waals surface area (Å²) in [6.45, 7) is 3.03. The van der Waals surface area contributed by atoms with Crippen LogP contribution in [0.1, 0.15) is 38.2 Å². The highest BCUT2D eigenvalue weighted by atomic mass is 127. The van der Waals surface area contributed by atoms with Crippen LogP contribution in [0.5, 0.6) is 11.5 Å². The lowest BCUT2D eigenvalue weighted by molar-refractivity contribution is 0.329. The molecule has 1 aliphatic rings. The Morgan fingerprint density at radius 1 is 1.12 bits per heavy atom. The van der Waals surface area contributed by atoms with Crippen LogP contribution in [0.3, 0.4) is 0 Å². The van der Waals surface area contributed by atoms with E-state index in [1.807, 2.05) is 25.2 Å². The van der Waals surface area contributed by atoms with Gasteiger partial charge in [0.1, 0.15) is 0 Å². The molecule has 6 heteroatoms. The van der Waals surface area contributed by atoms with Crippen LogP contribution >= 0.6 is 24.0 Å². The highest BCUT2D eigenvalue weighted by Crippen LogP contribution is 2.27. The van der Waals surface area contributed by atoms with Gasteiger partial charge in [-0.1, -0.05) is 13.0 Å². The van der Waals surface area contributed by atoms with Gasteiger partial charge in [-0.2, -0.15) is 0 Å². The van der Waals surface area contributed by atoms with Crippen molar-refractivity contribution in [3.8, 4) is 11.5 Å². The number of ether oxygens (including phenoxy) is 2. The van der Waals surface area contributed by atoms with Crippen molar-refractivity contribution in [2.24, 2.45) is 10.9 Å². The molecule has 24 heavy (non-hydrogen) atoms. The predicted octanol–water partition coefficient (Wildman–Crippen LogP) is 3.57. The molecule has 136 valence electrons. The SMILES string of the molecule is CN=C(NCc1ccc(OC)c(OC)c1)NC1CCC(C)CC1.I. The molecule has 0 bridgehead atoms. The molecule has 0 atom stereocenters. The Balaban J connectivity index is 0.00000288. The van der Waals surface area contributed by atoms with Crippen LogP contribution in [0.15, 0.2) is 23.2 Å². The van der Waals surface area contributed by atoms with Crippen molar-refractivity contribution < 1.29 is 9.47 Å². The van der Waals surface area contributed by atoms with Gasteiger partial charge < -0.3 is 20.1 Å². The second-order valence-corrected chi connectivity index (χ2v) is 6.22. The van der Waals surface area contributed by atoms with Crippen molar-refractivity contribution in [3.63, 3.8) is 0 Å². The molecular weight excluding hydrogens is 417 g/mol. The maximum atomic E-state index is 5.34. The Morgan fingerprint density at radius 3 is 2.38 bits per heavy atom. The predicted molar refractivity (Wildman–Crippen MR) is 110 cm³/mol. The summed E-state index contributed by atoms with van der Waals surface area (Å²) in [4.78, 5) is 4.33. The van der Waals surface area contributed by atoms with Gasteiger partial charge >= 0.3 is 0 Å². The lowest BCUT2D eigenvalue weighted by Crippen LogP contribution is -2.44. The zero-order chi connectivity index (χ0) is 16.7. The molecule has 0 amide bonds. The minimum Gasteiger partial charge on any atom is -0.493 e. The Labute approximate surface area is 162 Å². The average Bonchev–Trinajstić information content (AvgIpc) is 2.59. The second-order valence-electron chi connectivity index (χ2n) is 6.22. The molecule has 2 N–H and O–H groups in total. The lowest BCUT2D eigenvalue weighted by Gasteiger charge is -2.28. The number of benzene rings is 1. The van der Waals surface area contributed by atoms with Crippen molar-refractivity contribution in [3.05, 3.63) is 23.8 Å². The zero-order valence-electron chi connectivity index (χ0n) is 15.1. The monoisotopic (exact) mass is 447 g/mol. The smallest absolute Gasteiger partial charge is 0.191 e. The van der Waals surface area contributed by atoms with E-state index in [2.05, 4.69) is 22.5 Å². The van der Waals surface area contributed by atoms with Crippen LogP contribution in [0.25, 0.3) is 0 Å². The first-order valence-corrected chi connectivity index (χ1v) is 8.34. The van der Waals surface area contributed by atoms with Gasteiger partial charge in [0.05, 0.1) is 14.2 Å². The standard InChI is InChI=1S/C18H29N3O2.HI/c1-13-5-8-15(9-6-13)21-18(19-2)20-12-14-7-10-16(22-3)17(11-14)23-4;/h7,10-11,13,15H,5-6,8-9,12H2,1-4H3,(H2,19,20,21);1H. The third-order valence-corrected chi connectivity index (χ3v) is 4.49. The molecule has 1 fully saturated rings. The fraction of sp³-hybridized carbons (Fsp3) is 0.611. The number of nitrogens with zero attached hydrogens (tertiary/aromatic N) is 1. The fourth-order valence-corrected chi connectivity index (χ4v) is 2.97. The number of nitrogens with one attached hydrogen (secondary N) is 2. The maximum absolute atomic E-state index is 5.34. The van der Waals surface area contributed by atoms with Crippen molar-refractivity contribution in [2.45, 2.75) is 45.2 Å². The Hall–Kier alpha value is -1.18. The number of rotatable bonds is 5. The number of methoxy groups -OCH3 is 2. The molecule has 0 unspecified atom stereocenters. The van der Waals surface area contributed by atoms with Crippen LogP contribution in [0.4, 0.5) is 0 Å². The molecule has 0 aliphatic heterocycles. The molecule has 1 aliphatic carbocycles. The van der Waals surface area contributed by atoms with Gasteiger partial charge in [0.15, 0.2) is 17.5 Å². The van der Waals surface area contributed by atoms with Gasteiger partial charge in [0, 0.05) is 19.6 Å². The Kier molecular flexibility index (Phi) is 9.25. The van der Waals surface area contributed by atoms with Crippen LogP contribution in [-0.4, -0.2) is 33.3 Å². The summed E-state index contributed by atoms with van der Waals surface area (Å²) >= 11 is 0. The third kappa shape index (κ3) is 6.03. The van der Waals surface area contributed by atoms with Crippen LogP contribution in [-0.2, 0) is 6.54 Å². The largest absolute Gasteiger partial charge is 0.493 e. The van der Waals surface area contributed by atoms with E-state index in [1.165, 1.54) is 25.7 Å². The van der Waals surface area contributed by atoms with Crippen molar-refractivity contribution in [1.29, 1.82) is 0 Å². The molecule has 2 rings (SSSR count). The number of hydrogen-bond donors (Lipinski definition) is 2. The normalized spacial score (nSPS) is 20.8. The Bertz CT molecular complexity index is 529. The molecule has 0 spiro atoms. The molecule has 1 saturated carbocycles. The van der Waals surface area contributed by atoms with Gasteiger partial charge in [-0.05, 0) is 49.3 Å². The second kappa shape index (κ2) is 10.6. The summed E-state index contributed by atoms with van der Waals surface area (Å²) in [5.74, 6) is 3.21. The first-order valence-electron chi connectivity index (χ1n) is 8.34. The number of aliphatic imine (C=N–C) groups is 1. The van der Waals surface area contributed by atoms with Gasteiger partial charge in [-0.15, -0.1) is 24.0 Å². The molecule has 0 heterocycles. The first-order chi connectivity index (χ1) is 11.2. The minimum atomic E-state index is 0. The summed E-state index contributed by atoms with van der Waals surface area (Å²) in [5, 5.41) is 6.91. The number of halogens is 1. The van der Waals surface area contributed by atoms with Gasteiger partial charge in [0.2, 0.25) is 0 Å². The summed E-state index contributed by atoms with van der Waals surface area (Å²) in [6, 6.07) is 6.47. The first kappa shape index (κ1) is 20.9. The van der Waals surface area contributed by atoms with Gasteiger partial charge in [-0.3, -0.25) is 4.99 Å². The highest BCUT2D eigenvalue weighted by molar-refractivity contribution is 14.0. The van der Waals surface area contributed by atoms with Crippen molar-refractivity contribution in [1.82, 2.24) is 10.6 Å². The average molecular weight is 447 g/mol. The Morgan fingerprint density at radius 2 is 1.79 bits per heavy atom. The van der Waals surface area contributed by atoms with Crippen molar-refractivity contribution >= 4 is 29.9 Å². The van der Waals surface area contributed by atoms with Gasteiger partial charge in [0.25, 0.3) is 0 Å². The highest BCUT2D eigenvalue weighted by Gasteiger charge is 2.18. The molecule has 0 aromatic heterocycles. The summed E-state index contributed by atoms with van der Waals surface area (Å²) in [6.07, 6.45) is 5.03. The van der Waals surface area contributed by atoms with Crippen LogP contribution in [0, 0.1) is 5.92 Å². The van der Waals surface area contributed by atoms with E-state index in [0.29, 0.717) is 12.6 Å². The quantitative estimate of drug-likeness (QED) is 0.412. The van der Waals surface area contributed by atoms with E-state index in [0.717, 1.165) is 28.9 Å². The summed E-state index contributed by atoms with van der Waals surface area (Å²) in [5.41, 5.74) is 1.13. The summed E-state index contributed by atoms with van der Waals surface area (Å²) in [7, 11) is 5.11. The van der Waals surface area contributed by atoms with Crippen LogP contribution in [0.2, 0.25) is 0 Å². The van der Waals surface area contributed by atoms with E-state index in [4.69, 9.17) is 9.47 Å². The molecule has 0 radical (unpaired) electrons.